The molecule has 1 amide bonds. The fourth-order valence-corrected chi connectivity index (χ4v) is 3.77. The number of carbonyl (C=O) groups is 3. The fourth-order valence-electron chi connectivity index (χ4n) is 2.33. The van der Waals surface area contributed by atoms with Gasteiger partial charge in [0, 0.05) is 24.9 Å². The van der Waals surface area contributed by atoms with E-state index in [1.54, 1.807) is 0 Å². The van der Waals surface area contributed by atoms with Gasteiger partial charge in [-0.05, 0) is 6.42 Å². The standard InChI is InChI=1S/C12H15NO6S/c1-6(15)19-4-7-5-20-11-8(2-3-14)10(16)13(11)9(7)12(17)18/h8,11,14H,2-5H2,1H3,(H,17,18)/t8-,11-/m1/s1. The molecule has 0 aliphatic carbocycles. The minimum Gasteiger partial charge on any atom is -0.477 e. The van der Waals surface area contributed by atoms with Crippen LogP contribution in [-0.2, 0) is 19.1 Å². The van der Waals surface area contributed by atoms with Gasteiger partial charge >= 0.3 is 11.9 Å². The summed E-state index contributed by atoms with van der Waals surface area (Å²) in [5.74, 6) is -1.94. The molecule has 0 saturated carbocycles. The van der Waals surface area contributed by atoms with Crippen molar-refractivity contribution in [2.75, 3.05) is 19.0 Å². The van der Waals surface area contributed by atoms with Crippen molar-refractivity contribution in [3.05, 3.63) is 11.3 Å². The van der Waals surface area contributed by atoms with Gasteiger partial charge in [-0.2, -0.15) is 0 Å². The molecule has 8 heteroatoms. The Morgan fingerprint density at radius 1 is 1.50 bits per heavy atom. The predicted octanol–water partition coefficient (Wildman–Crippen LogP) is -0.198. The highest BCUT2D eigenvalue weighted by molar-refractivity contribution is 8.00. The van der Waals surface area contributed by atoms with E-state index in [1.165, 1.54) is 23.6 Å². The van der Waals surface area contributed by atoms with Gasteiger partial charge < -0.3 is 14.9 Å². The molecule has 110 valence electrons. The summed E-state index contributed by atoms with van der Waals surface area (Å²) in [7, 11) is 0. The zero-order valence-electron chi connectivity index (χ0n) is 10.9. The van der Waals surface area contributed by atoms with Gasteiger partial charge in [-0.3, -0.25) is 14.5 Å². The molecule has 0 radical (unpaired) electrons. The van der Waals surface area contributed by atoms with E-state index in [2.05, 4.69) is 0 Å². The maximum Gasteiger partial charge on any atom is 0.352 e. The van der Waals surface area contributed by atoms with Crippen LogP contribution >= 0.6 is 11.8 Å². The molecule has 0 aromatic heterocycles. The number of hydrogen-bond donors (Lipinski definition) is 2. The summed E-state index contributed by atoms with van der Waals surface area (Å²) in [6.07, 6.45) is 0.333. The molecule has 2 aliphatic rings. The highest BCUT2D eigenvalue weighted by atomic mass is 32.2. The predicted molar refractivity (Wildman–Crippen MR) is 69.6 cm³/mol. The van der Waals surface area contributed by atoms with Crippen LogP contribution in [0.3, 0.4) is 0 Å². The van der Waals surface area contributed by atoms with Gasteiger partial charge in [0.05, 0.1) is 11.3 Å². The number of carbonyl (C=O) groups excluding carboxylic acids is 2. The molecule has 0 bridgehead atoms. The largest absolute Gasteiger partial charge is 0.477 e. The topological polar surface area (TPSA) is 104 Å². The SMILES string of the molecule is CC(=O)OCC1=C(C(=O)O)N2C(=O)[C@@H](CCO)[C@H]2SC1. The van der Waals surface area contributed by atoms with Crippen molar-refractivity contribution in [2.24, 2.45) is 5.92 Å². The van der Waals surface area contributed by atoms with Crippen LogP contribution in [0.2, 0.25) is 0 Å². The molecule has 1 fully saturated rings. The second kappa shape index (κ2) is 5.84. The van der Waals surface area contributed by atoms with Crippen LogP contribution in [0.5, 0.6) is 0 Å². The van der Waals surface area contributed by atoms with E-state index in [1.807, 2.05) is 0 Å². The van der Waals surface area contributed by atoms with E-state index in [0.29, 0.717) is 17.7 Å². The number of fused-ring (bicyclic) bond motifs is 1. The second-order valence-electron chi connectivity index (χ2n) is 4.57. The normalized spacial score (nSPS) is 25.1. The summed E-state index contributed by atoms with van der Waals surface area (Å²) < 4.78 is 4.83. The van der Waals surface area contributed by atoms with Crippen LogP contribution in [0, 0.1) is 5.92 Å². The first-order valence-corrected chi connectivity index (χ1v) is 7.16. The Morgan fingerprint density at radius 3 is 2.75 bits per heavy atom. The number of β-lactam (4-membered cyclic amide) rings is 1. The highest BCUT2D eigenvalue weighted by Crippen LogP contribution is 2.44. The molecule has 2 heterocycles. The van der Waals surface area contributed by atoms with Gasteiger partial charge in [-0.25, -0.2) is 4.79 Å². The number of aliphatic hydroxyl groups excluding tert-OH is 1. The van der Waals surface area contributed by atoms with Crippen LogP contribution in [-0.4, -0.2) is 57.3 Å². The van der Waals surface area contributed by atoms with Crippen molar-refractivity contribution in [3.8, 4) is 0 Å². The molecule has 2 rings (SSSR count). The van der Waals surface area contributed by atoms with Crippen molar-refractivity contribution in [1.29, 1.82) is 0 Å². The Hall–Kier alpha value is -1.54. The molecule has 0 unspecified atom stereocenters. The molecule has 2 atom stereocenters. The summed E-state index contributed by atoms with van der Waals surface area (Å²) in [6.45, 7) is 1.02. The minimum absolute atomic E-state index is 0.0887. The monoisotopic (exact) mass is 301 g/mol. The van der Waals surface area contributed by atoms with Crippen molar-refractivity contribution in [1.82, 2.24) is 4.90 Å². The van der Waals surface area contributed by atoms with Crippen LogP contribution in [0.4, 0.5) is 0 Å². The first-order valence-electron chi connectivity index (χ1n) is 6.11. The Balaban J connectivity index is 2.21. The maximum absolute atomic E-state index is 12.0. The molecule has 0 spiro atoms. The summed E-state index contributed by atoms with van der Waals surface area (Å²) >= 11 is 1.43. The zero-order valence-corrected chi connectivity index (χ0v) is 11.7. The summed E-state index contributed by atoms with van der Waals surface area (Å²) in [6, 6.07) is 0. The van der Waals surface area contributed by atoms with Crippen LogP contribution in [0.1, 0.15) is 13.3 Å². The summed E-state index contributed by atoms with van der Waals surface area (Å²) in [4.78, 5) is 35.4. The lowest BCUT2D eigenvalue weighted by Crippen LogP contribution is -2.61. The van der Waals surface area contributed by atoms with Gasteiger partial charge in [0.25, 0.3) is 0 Å². The highest BCUT2D eigenvalue weighted by Gasteiger charge is 2.52. The molecule has 2 aliphatic heterocycles. The van der Waals surface area contributed by atoms with Crippen molar-refractivity contribution in [3.63, 3.8) is 0 Å². The first-order chi connectivity index (χ1) is 9.47. The molecule has 0 aromatic carbocycles. The second-order valence-corrected chi connectivity index (χ2v) is 5.67. The lowest BCUT2D eigenvalue weighted by atomic mass is 9.93. The Bertz CT molecular complexity index is 488. The van der Waals surface area contributed by atoms with Gasteiger partial charge in [-0.1, -0.05) is 0 Å². The third-order valence-corrected chi connectivity index (χ3v) is 4.65. The number of rotatable bonds is 5. The molecular formula is C12H15NO6S. The number of aliphatic hydroxyl groups is 1. The van der Waals surface area contributed by atoms with E-state index >= 15 is 0 Å². The van der Waals surface area contributed by atoms with Gasteiger partial charge in [-0.15, -0.1) is 11.8 Å². The van der Waals surface area contributed by atoms with E-state index in [0.717, 1.165) is 0 Å². The van der Waals surface area contributed by atoms with Crippen molar-refractivity contribution < 1.29 is 29.3 Å². The smallest absolute Gasteiger partial charge is 0.352 e. The number of aliphatic carboxylic acids is 1. The average Bonchev–Trinajstić information content (AvgIpc) is 2.40. The number of thioether (sulfide) groups is 1. The van der Waals surface area contributed by atoms with E-state index < -0.39 is 11.9 Å². The third-order valence-electron chi connectivity index (χ3n) is 3.25. The lowest BCUT2D eigenvalue weighted by Gasteiger charge is -2.49. The van der Waals surface area contributed by atoms with Crippen molar-refractivity contribution >= 4 is 29.6 Å². The first kappa shape index (κ1) is 14.9. The average molecular weight is 301 g/mol. The quantitative estimate of drug-likeness (QED) is 0.535. The molecule has 1 saturated heterocycles. The Kier molecular flexibility index (Phi) is 4.34. The Morgan fingerprint density at radius 2 is 2.20 bits per heavy atom. The molecule has 7 nitrogen and oxygen atoms in total. The number of nitrogens with zero attached hydrogens (tertiary/aromatic N) is 1. The third kappa shape index (κ3) is 2.53. The van der Waals surface area contributed by atoms with Crippen LogP contribution in [0.25, 0.3) is 0 Å². The number of hydrogen-bond acceptors (Lipinski definition) is 6. The summed E-state index contributed by atoms with van der Waals surface area (Å²) in [5.41, 5.74) is 0.332. The Labute approximate surface area is 119 Å². The molecular weight excluding hydrogens is 286 g/mol. The number of amides is 1. The zero-order chi connectivity index (χ0) is 14.9. The van der Waals surface area contributed by atoms with Gasteiger partial charge in [0.2, 0.25) is 5.91 Å². The van der Waals surface area contributed by atoms with E-state index in [9.17, 15) is 19.5 Å². The van der Waals surface area contributed by atoms with Crippen molar-refractivity contribution in [2.45, 2.75) is 18.7 Å². The van der Waals surface area contributed by atoms with E-state index in [-0.39, 0.29) is 36.1 Å². The number of ether oxygens (including phenoxy) is 1. The number of carboxylic acid groups (broad SMARTS) is 1. The minimum atomic E-state index is -1.20. The van der Waals surface area contributed by atoms with Gasteiger partial charge in [0.15, 0.2) is 0 Å². The maximum atomic E-state index is 12.0. The fraction of sp³-hybridized carbons (Fsp3) is 0.583. The van der Waals surface area contributed by atoms with Crippen LogP contribution in [0.15, 0.2) is 11.3 Å². The molecule has 0 aromatic rings. The van der Waals surface area contributed by atoms with Gasteiger partial charge in [0.1, 0.15) is 12.3 Å². The number of esters is 1. The lowest BCUT2D eigenvalue weighted by molar-refractivity contribution is -0.153. The summed E-state index contributed by atoms with van der Waals surface area (Å²) in [5, 5.41) is 17.9. The van der Waals surface area contributed by atoms with Crippen LogP contribution < -0.4 is 0 Å². The molecule has 2 N–H and O–H groups in total. The van der Waals surface area contributed by atoms with E-state index in [4.69, 9.17) is 9.84 Å². The number of carboxylic acids is 1. The molecule has 20 heavy (non-hydrogen) atoms.